The zero-order valence-corrected chi connectivity index (χ0v) is 15.7. The van der Waals surface area contributed by atoms with Gasteiger partial charge in [-0.05, 0) is 41.0 Å². The average molecular weight is 381 g/mol. The predicted molar refractivity (Wildman–Crippen MR) is 106 cm³/mol. The van der Waals surface area contributed by atoms with Crippen LogP contribution in [0.5, 0.6) is 5.75 Å². The molecule has 1 atom stereocenters. The van der Waals surface area contributed by atoms with Crippen LogP contribution in [0, 0.1) is 0 Å². The molecule has 138 valence electrons. The first-order valence-electron chi connectivity index (χ1n) is 8.96. The van der Waals surface area contributed by atoms with Gasteiger partial charge in [-0.25, -0.2) is 0 Å². The Labute approximate surface area is 164 Å². The topological polar surface area (TPSA) is 34.6 Å². The van der Waals surface area contributed by atoms with Crippen molar-refractivity contribution in [3.05, 3.63) is 94.8 Å². The van der Waals surface area contributed by atoms with Crippen LogP contribution in [0.1, 0.15) is 22.8 Å². The minimum absolute atomic E-state index is 0.106. The molecule has 1 aliphatic rings. The molecule has 1 fully saturated rings. The molecule has 2 heterocycles. The minimum atomic E-state index is 0.106. The molecule has 0 N–H and O–H groups in total. The van der Waals surface area contributed by atoms with E-state index in [0.717, 1.165) is 29.4 Å². The summed E-state index contributed by atoms with van der Waals surface area (Å²) in [5, 5.41) is 0.751. The maximum Gasteiger partial charge on any atom is 0.138 e. The van der Waals surface area contributed by atoms with Crippen molar-refractivity contribution in [1.82, 2.24) is 9.88 Å². The van der Waals surface area contributed by atoms with Crippen molar-refractivity contribution in [1.29, 1.82) is 0 Å². The molecular weight excluding hydrogens is 360 g/mol. The first kappa shape index (κ1) is 18.0. The van der Waals surface area contributed by atoms with E-state index in [2.05, 4.69) is 34.1 Å². The van der Waals surface area contributed by atoms with Crippen LogP contribution in [0.4, 0.5) is 0 Å². The number of ether oxygens (including phenoxy) is 2. The SMILES string of the molecule is Clc1ccc([C@@H]2CN(Cc3ccc(COc4cccnc4)cc3)CO2)cc1. The fourth-order valence-electron chi connectivity index (χ4n) is 3.12. The summed E-state index contributed by atoms with van der Waals surface area (Å²) < 4.78 is 11.7. The third kappa shape index (κ3) is 4.86. The molecule has 0 bridgehead atoms. The standard InChI is InChI=1S/C22H21ClN2O2/c23-20-9-7-19(8-10-20)22-14-25(16-27-22)13-17-3-5-18(6-4-17)15-26-21-2-1-11-24-12-21/h1-12,22H,13-16H2/t22-/m0/s1. The minimum Gasteiger partial charge on any atom is -0.487 e. The van der Waals surface area contributed by atoms with Crippen molar-refractivity contribution < 1.29 is 9.47 Å². The number of pyridine rings is 1. The van der Waals surface area contributed by atoms with Crippen molar-refractivity contribution in [2.24, 2.45) is 0 Å². The molecule has 27 heavy (non-hydrogen) atoms. The molecule has 3 aromatic rings. The fraction of sp³-hybridized carbons (Fsp3) is 0.227. The van der Waals surface area contributed by atoms with Gasteiger partial charge in [-0.15, -0.1) is 0 Å². The van der Waals surface area contributed by atoms with Crippen molar-refractivity contribution in [3.8, 4) is 5.75 Å². The lowest BCUT2D eigenvalue weighted by atomic mass is 10.1. The van der Waals surface area contributed by atoms with Gasteiger partial charge < -0.3 is 9.47 Å². The van der Waals surface area contributed by atoms with Gasteiger partial charge in [0.05, 0.1) is 12.3 Å². The maximum atomic E-state index is 5.96. The molecule has 4 nitrogen and oxygen atoms in total. The van der Waals surface area contributed by atoms with E-state index in [1.165, 1.54) is 11.1 Å². The summed E-state index contributed by atoms with van der Waals surface area (Å²) in [5.74, 6) is 0.782. The summed E-state index contributed by atoms with van der Waals surface area (Å²) in [6.45, 7) is 2.93. The van der Waals surface area contributed by atoms with Gasteiger partial charge in [0.15, 0.2) is 0 Å². The fourth-order valence-corrected chi connectivity index (χ4v) is 3.25. The Morgan fingerprint density at radius 3 is 2.56 bits per heavy atom. The van der Waals surface area contributed by atoms with E-state index >= 15 is 0 Å². The quantitative estimate of drug-likeness (QED) is 0.612. The summed E-state index contributed by atoms with van der Waals surface area (Å²) in [4.78, 5) is 6.36. The molecule has 1 aromatic heterocycles. The normalized spacial score (nSPS) is 17.1. The van der Waals surface area contributed by atoms with Crippen LogP contribution in [0.25, 0.3) is 0 Å². The smallest absolute Gasteiger partial charge is 0.138 e. The summed E-state index contributed by atoms with van der Waals surface area (Å²) in [6, 6.07) is 20.2. The number of halogens is 1. The van der Waals surface area contributed by atoms with E-state index < -0.39 is 0 Å². The lowest BCUT2D eigenvalue weighted by Gasteiger charge is -2.14. The van der Waals surface area contributed by atoms with Crippen molar-refractivity contribution in [2.45, 2.75) is 19.3 Å². The highest BCUT2D eigenvalue weighted by Gasteiger charge is 2.24. The molecule has 2 aromatic carbocycles. The Balaban J connectivity index is 1.29. The Kier molecular flexibility index (Phi) is 5.68. The Morgan fingerprint density at radius 2 is 1.81 bits per heavy atom. The van der Waals surface area contributed by atoms with E-state index in [1.807, 2.05) is 36.4 Å². The zero-order valence-electron chi connectivity index (χ0n) is 14.9. The van der Waals surface area contributed by atoms with Crippen LogP contribution in [-0.2, 0) is 17.9 Å². The highest BCUT2D eigenvalue weighted by atomic mass is 35.5. The average Bonchev–Trinajstić information content (AvgIpc) is 3.17. The number of rotatable bonds is 6. The zero-order chi connectivity index (χ0) is 18.5. The van der Waals surface area contributed by atoms with Crippen molar-refractivity contribution in [3.63, 3.8) is 0 Å². The largest absolute Gasteiger partial charge is 0.487 e. The molecule has 0 amide bonds. The predicted octanol–water partition coefficient (Wildman–Crippen LogP) is 4.85. The lowest BCUT2D eigenvalue weighted by Crippen LogP contribution is -2.19. The maximum absolute atomic E-state index is 5.96. The third-order valence-electron chi connectivity index (χ3n) is 4.59. The van der Waals surface area contributed by atoms with Gasteiger partial charge in [-0.3, -0.25) is 9.88 Å². The number of hydrogen-bond acceptors (Lipinski definition) is 4. The molecular formula is C22H21ClN2O2. The summed E-state index contributed by atoms with van der Waals surface area (Å²) >= 11 is 5.96. The summed E-state index contributed by atoms with van der Waals surface area (Å²) in [7, 11) is 0. The van der Waals surface area contributed by atoms with Crippen molar-refractivity contribution >= 4 is 11.6 Å². The number of hydrogen-bond donors (Lipinski definition) is 0. The lowest BCUT2D eigenvalue weighted by molar-refractivity contribution is 0.0880. The second-order valence-electron chi connectivity index (χ2n) is 6.64. The monoisotopic (exact) mass is 380 g/mol. The Bertz CT molecular complexity index is 854. The first-order chi connectivity index (χ1) is 13.3. The van der Waals surface area contributed by atoms with Gasteiger partial charge in [-0.2, -0.15) is 0 Å². The molecule has 0 unspecified atom stereocenters. The summed E-state index contributed by atoms with van der Waals surface area (Å²) in [5.41, 5.74) is 3.57. The molecule has 1 saturated heterocycles. The summed E-state index contributed by atoms with van der Waals surface area (Å²) in [6.07, 6.45) is 3.56. The van der Waals surface area contributed by atoms with E-state index in [9.17, 15) is 0 Å². The highest BCUT2D eigenvalue weighted by molar-refractivity contribution is 6.30. The van der Waals surface area contributed by atoms with Gasteiger partial charge in [0, 0.05) is 24.3 Å². The molecule has 5 heteroatoms. The van der Waals surface area contributed by atoms with Gasteiger partial charge in [-0.1, -0.05) is 48.0 Å². The van der Waals surface area contributed by atoms with Crippen LogP contribution in [0.15, 0.2) is 73.1 Å². The molecule has 0 saturated carbocycles. The highest BCUT2D eigenvalue weighted by Crippen LogP contribution is 2.26. The molecule has 4 rings (SSSR count). The number of aromatic nitrogens is 1. The second kappa shape index (κ2) is 8.53. The number of benzene rings is 2. The Morgan fingerprint density at radius 1 is 1.04 bits per heavy atom. The van der Waals surface area contributed by atoms with Gasteiger partial charge in [0.1, 0.15) is 19.1 Å². The van der Waals surface area contributed by atoms with Crippen molar-refractivity contribution in [2.75, 3.05) is 13.3 Å². The van der Waals surface area contributed by atoms with E-state index in [0.29, 0.717) is 13.3 Å². The van der Waals surface area contributed by atoms with Gasteiger partial charge >= 0.3 is 0 Å². The van der Waals surface area contributed by atoms with Gasteiger partial charge in [0.25, 0.3) is 0 Å². The first-order valence-corrected chi connectivity index (χ1v) is 9.34. The van der Waals surface area contributed by atoms with E-state index in [-0.39, 0.29) is 6.10 Å². The van der Waals surface area contributed by atoms with E-state index in [1.54, 1.807) is 12.4 Å². The van der Waals surface area contributed by atoms with Crippen LogP contribution < -0.4 is 4.74 Å². The van der Waals surface area contributed by atoms with Crippen LogP contribution in [-0.4, -0.2) is 23.2 Å². The second-order valence-corrected chi connectivity index (χ2v) is 7.08. The molecule has 0 spiro atoms. The molecule has 1 aliphatic heterocycles. The van der Waals surface area contributed by atoms with Crippen LogP contribution >= 0.6 is 11.6 Å². The van der Waals surface area contributed by atoms with Gasteiger partial charge in [0.2, 0.25) is 0 Å². The number of nitrogens with zero attached hydrogens (tertiary/aromatic N) is 2. The third-order valence-corrected chi connectivity index (χ3v) is 4.85. The van der Waals surface area contributed by atoms with E-state index in [4.69, 9.17) is 21.1 Å². The molecule has 0 radical (unpaired) electrons. The molecule has 0 aliphatic carbocycles. The van der Waals surface area contributed by atoms with Crippen LogP contribution in [0.2, 0.25) is 5.02 Å². The van der Waals surface area contributed by atoms with Crippen LogP contribution in [0.3, 0.4) is 0 Å². The Hall–Kier alpha value is -2.40.